The number of piperazine rings is 1. The number of nitro groups is 1. The summed E-state index contributed by atoms with van der Waals surface area (Å²) in [4.78, 5) is 25.0. The summed E-state index contributed by atoms with van der Waals surface area (Å²) >= 11 is 0. The highest BCUT2D eigenvalue weighted by atomic mass is 32.2. The Morgan fingerprint density at radius 2 is 1.67 bits per heavy atom. The summed E-state index contributed by atoms with van der Waals surface area (Å²) in [6, 6.07) is 15.0. The van der Waals surface area contributed by atoms with E-state index in [1.54, 1.807) is 22.6 Å². The average Bonchev–Trinajstić information content (AvgIpc) is 3.20. The normalized spacial score (nSPS) is 14.9. The maximum absolute atomic E-state index is 13.1. The van der Waals surface area contributed by atoms with Crippen LogP contribution in [-0.4, -0.2) is 64.4 Å². The minimum Gasteiger partial charge on any atom is -0.335 e. The van der Waals surface area contributed by atoms with Gasteiger partial charge < -0.3 is 4.90 Å². The van der Waals surface area contributed by atoms with Crippen LogP contribution in [0, 0.1) is 24.0 Å². The van der Waals surface area contributed by atoms with E-state index in [-0.39, 0.29) is 42.7 Å². The Morgan fingerprint density at radius 1 is 1.00 bits per heavy atom. The van der Waals surface area contributed by atoms with Crippen LogP contribution in [0.5, 0.6) is 0 Å². The molecule has 10 nitrogen and oxygen atoms in total. The fraction of sp³-hybridized carbons (Fsp3) is 0.273. The maximum Gasteiger partial charge on any atom is 0.274 e. The van der Waals surface area contributed by atoms with Crippen molar-refractivity contribution in [3.05, 3.63) is 81.7 Å². The van der Waals surface area contributed by atoms with Crippen molar-refractivity contribution < 1.29 is 18.1 Å². The van der Waals surface area contributed by atoms with Gasteiger partial charge in [0.2, 0.25) is 10.0 Å². The number of para-hydroxylation sites is 1. The van der Waals surface area contributed by atoms with Crippen molar-refractivity contribution in [2.45, 2.75) is 18.7 Å². The molecule has 3 aromatic rings. The molecule has 1 saturated heterocycles. The van der Waals surface area contributed by atoms with Gasteiger partial charge in [-0.15, -0.1) is 0 Å². The van der Waals surface area contributed by atoms with Crippen LogP contribution in [0.4, 0.5) is 5.69 Å². The summed E-state index contributed by atoms with van der Waals surface area (Å²) in [6.07, 6.45) is 0. The quantitative estimate of drug-likeness (QED) is 0.419. The van der Waals surface area contributed by atoms with E-state index < -0.39 is 14.9 Å². The minimum atomic E-state index is -3.93. The summed E-state index contributed by atoms with van der Waals surface area (Å²) in [7, 11) is -3.93. The highest BCUT2D eigenvalue weighted by Gasteiger charge is 2.33. The summed E-state index contributed by atoms with van der Waals surface area (Å²) < 4.78 is 29.2. The van der Waals surface area contributed by atoms with Crippen molar-refractivity contribution in [1.29, 1.82) is 0 Å². The van der Waals surface area contributed by atoms with Crippen molar-refractivity contribution in [1.82, 2.24) is 19.0 Å². The highest BCUT2D eigenvalue weighted by molar-refractivity contribution is 7.89. The average molecular weight is 470 g/mol. The number of aromatic nitrogens is 2. The molecule has 172 valence electrons. The summed E-state index contributed by atoms with van der Waals surface area (Å²) in [6.45, 7) is 4.04. The molecular formula is C22H23N5O5S. The van der Waals surface area contributed by atoms with Crippen LogP contribution >= 0.6 is 0 Å². The zero-order valence-electron chi connectivity index (χ0n) is 18.2. The molecule has 1 fully saturated rings. The molecule has 1 amide bonds. The molecule has 0 atom stereocenters. The van der Waals surface area contributed by atoms with Gasteiger partial charge in [-0.3, -0.25) is 14.9 Å². The molecule has 0 aliphatic carbocycles. The number of benzene rings is 2. The molecule has 0 unspecified atom stereocenters. The molecule has 2 heterocycles. The first-order valence-corrected chi connectivity index (χ1v) is 11.8. The third-order valence-corrected chi connectivity index (χ3v) is 7.67. The Morgan fingerprint density at radius 3 is 2.30 bits per heavy atom. The predicted octanol–water partition coefficient (Wildman–Crippen LogP) is 2.54. The number of nitro benzene ring substituents is 1. The smallest absolute Gasteiger partial charge is 0.274 e. The second-order valence-electron chi connectivity index (χ2n) is 7.82. The lowest BCUT2D eigenvalue weighted by Crippen LogP contribution is -2.50. The number of amides is 1. The molecule has 1 aromatic heterocycles. The van der Waals surface area contributed by atoms with Crippen LogP contribution in [0.25, 0.3) is 5.69 Å². The number of carbonyl (C=O) groups is 1. The summed E-state index contributed by atoms with van der Waals surface area (Å²) in [5.41, 5.74) is 2.10. The van der Waals surface area contributed by atoms with Gasteiger partial charge in [0.25, 0.3) is 11.6 Å². The summed E-state index contributed by atoms with van der Waals surface area (Å²) in [5, 5.41) is 15.5. The second-order valence-corrected chi connectivity index (χ2v) is 9.73. The highest BCUT2D eigenvalue weighted by Crippen LogP contribution is 2.26. The van der Waals surface area contributed by atoms with E-state index in [0.717, 1.165) is 17.4 Å². The van der Waals surface area contributed by atoms with Gasteiger partial charge in [-0.05, 0) is 37.6 Å². The first-order chi connectivity index (χ1) is 15.7. The molecule has 4 rings (SSSR count). The van der Waals surface area contributed by atoms with Crippen molar-refractivity contribution in [3.8, 4) is 5.69 Å². The van der Waals surface area contributed by atoms with Gasteiger partial charge in [0.05, 0.1) is 15.5 Å². The number of carbonyl (C=O) groups excluding carboxylic acids is 1. The minimum absolute atomic E-state index is 0.0892. The fourth-order valence-electron chi connectivity index (χ4n) is 3.82. The van der Waals surface area contributed by atoms with Crippen LogP contribution in [0.1, 0.15) is 21.7 Å². The van der Waals surface area contributed by atoms with E-state index in [0.29, 0.717) is 11.3 Å². The molecule has 11 heteroatoms. The van der Waals surface area contributed by atoms with Crippen LogP contribution in [-0.2, 0) is 10.0 Å². The fourth-order valence-corrected chi connectivity index (χ4v) is 5.49. The van der Waals surface area contributed by atoms with Crippen molar-refractivity contribution in [2.24, 2.45) is 0 Å². The van der Waals surface area contributed by atoms with E-state index in [9.17, 15) is 23.3 Å². The van der Waals surface area contributed by atoms with Gasteiger partial charge in [0, 0.05) is 44.0 Å². The van der Waals surface area contributed by atoms with E-state index in [1.807, 2.05) is 37.3 Å². The molecule has 0 radical (unpaired) electrons. The lowest BCUT2D eigenvalue weighted by Gasteiger charge is -2.33. The molecule has 1 aliphatic rings. The Kier molecular flexibility index (Phi) is 6.00. The predicted molar refractivity (Wildman–Crippen MR) is 121 cm³/mol. The number of nitrogens with zero attached hydrogens (tertiary/aromatic N) is 5. The standard InChI is InChI=1S/C22H23N5O5S/c1-16-8-9-19(27(29)30)15-21(16)33(31,32)25-12-10-24(11-13-25)22(28)20-14-17(2)26(23-20)18-6-4-3-5-7-18/h3-9,14-15H,10-13H2,1-2H3. The topological polar surface area (TPSA) is 119 Å². The van der Waals surface area contributed by atoms with E-state index in [1.165, 1.54) is 16.4 Å². The van der Waals surface area contributed by atoms with E-state index in [4.69, 9.17) is 0 Å². The molecule has 33 heavy (non-hydrogen) atoms. The Balaban J connectivity index is 1.49. The van der Waals surface area contributed by atoms with E-state index >= 15 is 0 Å². The van der Waals surface area contributed by atoms with E-state index in [2.05, 4.69) is 5.10 Å². The van der Waals surface area contributed by atoms with Crippen LogP contribution in [0.3, 0.4) is 0 Å². The SMILES string of the molecule is Cc1ccc([N+](=O)[O-])cc1S(=O)(=O)N1CCN(C(=O)c2cc(C)n(-c3ccccc3)n2)CC1. The molecule has 0 N–H and O–H groups in total. The zero-order chi connectivity index (χ0) is 23.8. The molecule has 0 saturated carbocycles. The number of hydrogen-bond donors (Lipinski definition) is 0. The van der Waals surface area contributed by atoms with Gasteiger partial charge in [0.1, 0.15) is 0 Å². The first-order valence-electron chi connectivity index (χ1n) is 10.3. The lowest BCUT2D eigenvalue weighted by molar-refractivity contribution is -0.385. The molecule has 0 bridgehead atoms. The van der Waals surface area contributed by atoms with Gasteiger partial charge in [-0.25, -0.2) is 13.1 Å². The van der Waals surface area contributed by atoms with Crippen molar-refractivity contribution in [2.75, 3.05) is 26.2 Å². The Bertz CT molecular complexity index is 1310. The largest absolute Gasteiger partial charge is 0.335 e. The Labute approximate surface area is 191 Å². The number of non-ortho nitro benzene ring substituents is 1. The number of rotatable bonds is 5. The molecule has 0 spiro atoms. The van der Waals surface area contributed by atoms with Crippen molar-refractivity contribution in [3.63, 3.8) is 0 Å². The van der Waals surface area contributed by atoms with Gasteiger partial charge in [-0.2, -0.15) is 9.40 Å². The monoisotopic (exact) mass is 469 g/mol. The first kappa shape index (κ1) is 22.6. The number of aryl methyl sites for hydroxylation is 2. The molecular weight excluding hydrogens is 446 g/mol. The molecule has 1 aliphatic heterocycles. The van der Waals surface area contributed by atoms with Crippen LogP contribution < -0.4 is 0 Å². The number of hydrogen-bond acceptors (Lipinski definition) is 6. The van der Waals surface area contributed by atoms with Crippen LogP contribution in [0.2, 0.25) is 0 Å². The van der Waals surface area contributed by atoms with Gasteiger partial charge in [-0.1, -0.05) is 24.3 Å². The zero-order valence-corrected chi connectivity index (χ0v) is 19.0. The van der Waals surface area contributed by atoms with Gasteiger partial charge >= 0.3 is 0 Å². The lowest BCUT2D eigenvalue weighted by atomic mass is 10.2. The summed E-state index contributed by atoms with van der Waals surface area (Å²) in [5.74, 6) is -0.267. The molecule has 2 aromatic carbocycles. The Hall–Kier alpha value is -3.57. The third-order valence-electron chi connectivity index (χ3n) is 5.63. The number of sulfonamides is 1. The van der Waals surface area contributed by atoms with Gasteiger partial charge in [0.15, 0.2) is 5.69 Å². The van der Waals surface area contributed by atoms with Crippen LogP contribution in [0.15, 0.2) is 59.5 Å². The second kappa shape index (κ2) is 8.75. The third kappa shape index (κ3) is 4.37. The maximum atomic E-state index is 13.1. The van der Waals surface area contributed by atoms with Crippen molar-refractivity contribution >= 4 is 21.6 Å².